The molecule has 1 amide bonds. The van der Waals surface area contributed by atoms with Crippen molar-refractivity contribution in [2.75, 3.05) is 26.2 Å². The fourth-order valence-corrected chi connectivity index (χ4v) is 4.32. The van der Waals surface area contributed by atoms with Crippen LogP contribution in [-0.4, -0.2) is 64.8 Å². The Hall–Kier alpha value is -2.44. The molecule has 2 fully saturated rings. The van der Waals surface area contributed by atoms with E-state index in [0.717, 1.165) is 30.4 Å². The third kappa shape index (κ3) is 2.99. The molecule has 0 saturated carbocycles. The highest BCUT2D eigenvalue weighted by Crippen LogP contribution is 2.39. The van der Waals surface area contributed by atoms with Gasteiger partial charge in [-0.15, -0.1) is 0 Å². The van der Waals surface area contributed by atoms with Crippen molar-refractivity contribution in [2.24, 2.45) is 0 Å². The fraction of sp³-hybridized carbons (Fsp3) is 0.429. The number of rotatable bonds is 3. The van der Waals surface area contributed by atoms with Crippen molar-refractivity contribution in [3.8, 4) is 0 Å². The minimum absolute atomic E-state index is 0.0396. The van der Waals surface area contributed by atoms with Gasteiger partial charge in [0.05, 0.1) is 6.61 Å². The first kappa shape index (κ1) is 17.9. The van der Waals surface area contributed by atoms with Crippen LogP contribution in [0.15, 0.2) is 42.5 Å². The van der Waals surface area contributed by atoms with E-state index in [1.807, 2.05) is 36.4 Å². The summed E-state index contributed by atoms with van der Waals surface area (Å²) in [7, 11) is 0. The van der Waals surface area contributed by atoms with E-state index in [4.69, 9.17) is 4.74 Å². The summed E-state index contributed by atoms with van der Waals surface area (Å²) in [6, 6.07) is 12.3. The van der Waals surface area contributed by atoms with Gasteiger partial charge in [0.15, 0.2) is 6.04 Å². The minimum Gasteiger partial charge on any atom is -0.480 e. The minimum atomic E-state index is -1.02. The summed E-state index contributed by atoms with van der Waals surface area (Å²) < 4.78 is 6.01. The van der Waals surface area contributed by atoms with Crippen LogP contribution in [0.2, 0.25) is 0 Å². The number of ether oxygens (including phenoxy) is 1. The molecule has 2 aromatic carbocycles. The molecule has 1 spiro atoms. The van der Waals surface area contributed by atoms with Gasteiger partial charge >= 0.3 is 5.97 Å². The molecule has 2 aromatic rings. The lowest BCUT2D eigenvalue weighted by atomic mass is 9.95. The van der Waals surface area contributed by atoms with Crippen molar-refractivity contribution in [3.63, 3.8) is 0 Å². The summed E-state index contributed by atoms with van der Waals surface area (Å²) in [6.07, 6.45) is 1.25. The molecule has 0 unspecified atom stereocenters. The Kier molecular flexibility index (Phi) is 4.61. The van der Waals surface area contributed by atoms with E-state index in [-0.39, 0.29) is 12.5 Å². The number of hydrogen-bond donors (Lipinski definition) is 1. The van der Waals surface area contributed by atoms with Crippen molar-refractivity contribution in [1.82, 2.24) is 9.80 Å². The van der Waals surface area contributed by atoms with Gasteiger partial charge in [0.2, 0.25) is 0 Å². The van der Waals surface area contributed by atoms with Crippen molar-refractivity contribution in [2.45, 2.75) is 31.5 Å². The van der Waals surface area contributed by atoms with E-state index >= 15 is 0 Å². The average molecular weight is 368 g/mol. The fourth-order valence-electron chi connectivity index (χ4n) is 4.32. The number of carbonyl (C=O) groups excluding carboxylic acids is 1. The number of piperidine rings is 1. The van der Waals surface area contributed by atoms with Crippen LogP contribution in [0.3, 0.4) is 0 Å². The van der Waals surface area contributed by atoms with E-state index in [1.54, 1.807) is 6.07 Å². The molecule has 6 heteroatoms. The van der Waals surface area contributed by atoms with Gasteiger partial charge in [0, 0.05) is 31.5 Å². The number of hydrogen-bond acceptors (Lipinski definition) is 4. The van der Waals surface area contributed by atoms with Crippen LogP contribution in [0.1, 0.15) is 30.1 Å². The summed E-state index contributed by atoms with van der Waals surface area (Å²) in [5.74, 6) is -1.28. The van der Waals surface area contributed by atoms with Crippen LogP contribution in [0.5, 0.6) is 0 Å². The Labute approximate surface area is 158 Å². The van der Waals surface area contributed by atoms with Crippen LogP contribution < -0.4 is 0 Å². The molecule has 0 aromatic heterocycles. The monoisotopic (exact) mass is 368 g/mol. The summed E-state index contributed by atoms with van der Waals surface area (Å²) >= 11 is 0. The number of carbonyl (C=O) groups is 2. The van der Waals surface area contributed by atoms with Crippen LogP contribution in [-0.2, 0) is 9.53 Å². The van der Waals surface area contributed by atoms with E-state index in [2.05, 4.69) is 11.8 Å². The Morgan fingerprint density at radius 1 is 1.15 bits per heavy atom. The van der Waals surface area contributed by atoms with Gasteiger partial charge in [-0.05, 0) is 23.4 Å². The maximum absolute atomic E-state index is 13.6. The molecule has 27 heavy (non-hydrogen) atoms. The van der Waals surface area contributed by atoms with E-state index in [0.29, 0.717) is 18.4 Å². The van der Waals surface area contributed by atoms with Crippen molar-refractivity contribution in [3.05, 3.63) is 48.0 Å². The average Bonchev–Trinajstić information content (AvgIpc) is 3.06. The third-order valence-corrected chi connectivity index (χ3v) is 5.87. The molecule has 0 aliphatic carbocycles. The Morgan fingerprint density at radius 2 is 1.85 bits per heavy atom. The van der Waals surface area contributed by atoms with E-state index < -0.39 is 17.7 Å². The zero-order chi connectivity index (χ0) is 19.0. The number of carboxylic acid groups (broad SMARTS) is 1. The first-order valence-electron chi connectivity index (χ1n) is 9.46. The topological polar surface area (TPSA) is 70.1 Å². The molecule has 0 bridgehead atoms. The summed E-state index contributed by atoms with van der Waals surface area (Å²) in [4.78, 5) is 29.2. The SMILES string of the molecule is CCN1CCC2(CC1)OC[C@H](C(=O)O)N2C(=O)c1cccc2ccccc12. The number of nitrogens with zero attached hydrogens (tertiary/aromatic N) is 2. The van der Waals surface area contributed by atoms with Crippen LogP contribution >= 0.6 is 0 Å². The zero-order valence-corrected chi connectivity index (χ0v) is 15.4. The molecule has 142 valence electrons. The molecule has 4 rings (SSSR count). The Bertz CT molecular complexity index is 868. The lowest BCUT2D eigenvalue weighted by Gasteiger charge is -2.44. The Morgan fingerprint density at radius 3 is 2.56 bits per heavy atom. The predicted octanol–water partition coefficient (Wildman–Crippen LogP) is 2.58. The molecule has 2 aliphatic heterocycles. The van der Waals surface area contributed by atoms with Crippen LogP contribution in [0, 0.1) is 0 Å². The number of fused-ring (bicyclic) bond motifs is 1. The lowest BCUT2D eigenvalue weighted by molar-refractivity contribution is -0.143. The van der Waals surface area contributed by atoms with Gasteiger partial charge in [-0.3, -0.25) is 9.69 Å². The molecule has 6 nitrogen and oxygen atoms in total. The number of amides is 1. The normalized spacial score (nSPS) is 22.4. The number of carboxylic acids is 1. The predicted molar refractivity (Wildman–Crippen MR) is 102 cm³/mol. The quantitative estimate of drug-likeness (QED) is 0.902. The number of aliphatic carboxylic acids is 1. The largest absolute Gasteiger partial charge is 0.480 e. The van der Waals surface area contributed by atoms with Gasteiger partial charge in [0.25, 0.3) is 5.91 Å². The summed E-state index contributed by atoms with van der Waals surface area (Å²) in [6.45, 7) is 4.67. The van der Waals surface area contributed by atoms with Crippen molar-refractivity contribution in [1.29, 1.82) is 0 Å². The van der Waals surface area contributed by atoms with Gasteiger partial charge in [-0.2, -0.15) is 0 Å². The van der Waals surface area contributed by atoms with Gasteiger partial charge in [-0.25, -0.2) is 4.79 Å². The summed E-state index contributed by atoms with van der Waals surface area (Å²) in [5, 5.41) is 11.5. The highest BCUT2D eigenvalue weighted by atomic mass is 16.5. The molecule has 2 saturated heterocycles. The van der Waals surface area contributed by atoms with Gasteiger partial charge < -0.3 is 14.7 Å². The second-order valence-electron chi connectivity index (χ2n) is 7.25. The molecule has 2 aliphatic rings. The first-order valence-corrected chi connectivity index (χ1v) is 9.46. The molecular formula is C21H24N2O4. The standard InChI is InChI=1S/C21H24N2O4/c1-2-22-12-10-21(11-13-22)23(18(14-27-21)20(25)26)19(24)17-9-5-7-15-6-3-4-8-16(15)17/h3-9,18H,2,10-14H2,1H3,(H,25,26)/t18-/m1/s1. The zero-order valence-electron chi connectivity index (χ0n) is 15.4. The van der Waals surface area contributed by atoms with Crippen molar-refractivity contribution >= 4 is 22.6 Å². The van der Waals surface area contributed by atoms with Gasteiger partial charge in [-0.1, -0.05) is 43.3 Å². The highest BCUT2D eigenvalue weighted by Gasteiger charge is 2.54. The number of benzene rings is 2. The molecular weight excluding hydrogens is 344 g/mol. The maximum atomic E-state index is 13.6. The second kappa shape index (κ2) is 6.94. The van der Waals surface area contributed by atoms with Crippen molar-refractivity contribution < 1.29 is 19.4 Å². The third-order valence-electron chi connectivity index (χ3n) is 5.87. The second-order valence-corrected chi connectivity index (χ2v) is 7.25. The maximum Gasteiger partial charge on any atom is 0.328 e. The lowest BCUT2D eigenvalue weighted by Crippen LogP contribution is -2.58. The van der Waals surface area contributed by atoms with E-state index in [1.165, 1.54) is 4.90 Å². The van der Waals surface area contributed by atoms with Crippen LogP contribution in [0.4, 0.5) is 0 Å². The van der Waals surface area contributed by atoms with E-state index in [9.17, 15) is 14.7 Å². The van der Waals surface area contributed by atoms with Gasteiger partial charge in [0.1, 0.15) is 5.72 Å². The first-order chi connectivity index (χ1) is 13.1. The number of likely N-dealkylation sites (tertiary alicyclic amines) is 1. The highest BCUT2D eigenvalue weighted by molar-refractivity contribution is 6.08. The molecule has 2 heterocycles. The molecule has 0 radical (unpaired) electrons. The summed E-state index contributed by atoms with van der Waals surface area (Å²) in [5.41, 5.74) is -0.301. The molecule has 1 N–H and O–H groups in total. The van der Waals surface area contributed by atoms with Crippen LogP contribution in [0.25, 0.3) is 10.8 Å². The molecule has 1 atom stereocenters. The smallest absolute Gasteiger partial charge is 0.328 e. The Balaban J connectivity index is 1.75.